The minimum Gasteiger partial charge on any atom is -0.490 e. The van der Waals surface area contributed by atoms with E-state index in [4.69, 9.17) is 14.6 Å². The van der Waals surface area contributed by atoms with Gasteiger partial charge in [0.05, 0.1) is 11.3 Å². The Morgan fingerprint density at radius 3 is 2.36 bits per heavy atom. The fourth-order valence-corrected chi connectivity index (χ4v) is 3.51. The normalized spacial score (nSPS) is 11.2. The molecule has 0 saturated heterocycles. The number of hydrogen-bond donors (Lipinski definition) is 3. The number of hydrogen-bond acceptors (Lipinski definition) is 6. The van der Waals surface area contributed by atoms with Crippen LogP contribution in [0.4, 0.5) is 23.7 Å². The van der Waals surface area contributed by atoms with Gasteiger partial charge in [-0.2, -0.15) is 13.2 Å². The number of benzene rings is 2. The average molecular weight is 547 g/mol. The maximum absolute atomic E-state index is 13.3. The van der Waals surface area contributed by atoms with E-state index in [-0.39, 0.29) is 30.3 Å². The SMILES string of the molecule is CCN(CC)CCOc1ccc(C(F)(F)F)cc1NC(=O)NCc1ccc(Oc2ccnc(C(=O)O)c2)cc1. The molecular formula is C27H29F3N4O5. The highest BCUT2D eigenvalue weighted by molar-refractivity contribution is 5.91. The van der Waals surface area contributed by atoms with Crippen LogP contribution < -0.4 is 20.1 Å². The van der Waals surface area contributed by atoms with Crippen molar-refractivity contribution in [3.05, 3.63) is 77.6 Å². The predicted molar refractivity (Wildman–Crippen MR) is 138 cm³/mol. The molecular weight excluding hydrogens is 517 g/mol. The molecule has 208 valence electrons. The number of nitrogens with one attached hydrogen (secondary N) is 2. The maximum atomic E-state index is 13.3. The van der Waals surface area contributed by atoms with Crippen molar-refractivity contribution in [1.82, 2.24) is 15.2 Å². The number of carbonyl (C=O) groups excluding carboxylic acids is 1. The summed E-state index contributed by atoms with van der Waals surface area (Å²) >= 11 is 0. The third kappa shape index (κ3) is 8.88. The number of anilines is 1. The van der Waals surface area contributed by atoms with Gasteiger partial charge in [0.25, 0.3) is 0 Å². The van der Waals surface area contributed by atoms with E-state index in [0.29, 0.717) is 23.6 Å². The Labute approximate surface area is 223 Å². The summed E-state index contributed by atoms with van der Waals surface area (Å²) in [7, 11) is 0. The summed E-state index contributed by atoms with van der Waals surface area (Å²) in [4.78, 5) is 29.4. The summed E-state index contributed by atoms with van der Waals surface area (Å²) in [5.41, 5.74) is -0.464. The molecule has 3 rings (SSSR count). The van der Waals surface area contributed by atoms with Crippen LogP contribution in [0.2, 0.25) is 0 Å². The fraction of sp³-hybridized carbons (Fsp3) is 0.296. The number of rotatable bonds is 12. The number of amides is 2. The van der Waals surface area contributed by atoms with Gasteiger partial charge in [-0.15, -0.1) is 0 Å². The molecule has 0 unspecified atom stereocenters. The van der Waals surface area contributed by atoms with Crippen molar-refractivity contribution in [3.63, 3.8) is 0 Å². The molecule has 0 saturated carbocycles. The van der Waals surface area contributed by atoms with Gasteiger partial charge in [0.1, 0.15) is 23.9 Å². The third-order valence-electron chi connectivity index (χ3n) is 5.68. The number of alkyl halides is 3. The van der Waals surface area contributed by atoms with Gasteiger partial charge < -0.3 is 30.1 Å². The Bertz CT molecular complexity index is 1270. The van der Waals surface area contributed by atoms with Crippen molar-refractivity contribution in [2.24, 2.45) is 0 Å². The molecule has 0 aliphatic rings. The van der Waals surface area contributed by atoms with Crippen molar-refractivity contribution < 1.29 is 37.3 Å². The highest BCUT2D eigenvalue weighted by Gasteiger charge is 2.31. The minimum atomic E-state index is -4.58. The molecule has 0 radical (unpaired) electrons. The lowest BCUT2D eigenvalue weighted by molar-refractivity contribution is -0.137. The molecule has 0 atom stereocenters. The quantitative estimate of drug-likeness (QED) is 0.270. The lowest BCUT2D eigenvalue weighted by Gasteiger charge is -2.20. The van der Waals surface area contributed by atoms with E-state index < -0.39 is 23.7 Å². The van der Waals surface area contributed by atoms with E-state index in [0.717, 1.165) is 25.2 Å². The second-order valence-electron chi connectivity index (χ2n) is 8.32. The van der Waals surface area contributed by atoms with E-state index in [1.54, 1.807) is 24.3 Å². The van der Waals surface area contributed by atoms with Crippen molar-refractivity contribution in [2.75, 3.05) is 31.6 Å². The van der Waals surface area contributed by atoms with E-state index in [2.05, 4.69) is 20.5 Å². The number of aromatic nitrogens is 1. The van der Waals surface area contributed by atoms with E-state index >= 15 is 0 Å². The summed E-state index contributed by atoms with van der Waals surface area (Å²) in [5, 5.41) is 14.1. The second kappa shape index (κ2) is 13.5. The molecule has 0 spiro atoms. The molecule has 1 aromatic heterocycles. The number of halogens is 3. The summed E-state index contributed by atoms with van der Waals surface area (Å²) in [6.45, 7) is 6.53. The van der Waals surface area contributed by atoms with Crippen LogP contribution in [0.15, 0.2) is 60.8 Å². The average Bonchev–Trinajstić information content (AvgIpc) is 2.91. The molecule has 39 heavy (non-hydrogen) atoms. The minimum absolute atomic E-state index is 0.0850. The Morgan fingerprint density at radius 2 is 1.72 bits per heavy atom. The highest BCUT2D eigenvalue weighted by Crippen LogP contribution is 2.35. The predicted octanol–water partition coefficient (Wildman–Crippen LogP) is 5.63. The van der Waals surface area contributed by atoms with E-state index in [9.17, 15) is 22.8 Å². The zero-order valence-corrected chi connectivity index (χ0v) is 21.4. The largest absolute Gasteiger partial charge is 0.490 e. The smallest absolute Gasteiger partial charge is 0.416 e. The fourth-order valence-electron chi connectivity index (χ4n) is 3.51. The number of ether oxygens (including phenoxy) is 2. The number of carboxylic acids is 1. The van der Waals surface area contributed by atoms with Crippen LogP contribution in [0.5, 0.6) is 17.2 Å². The Balaban J connectivity index is 1.61. The lowest BCUT2D eigenvalue weighted by atomic mass is 10.1. The van der Waals surface area contributed by atoms with Gasteiger partial charge in [-0.25, -0.2) is 14.6 Å². The summed E-state index contributed by atoms with van der Waals surface area (Å²) in [5.74, 6) is -0.317. The molecule has 12 heteroatoms. The number of pyridine rings is 1. The zero-order chi connectivity index (χ0) is 28.4. The molecule has 1 heterocycles. The lowest BCUT2D eigenvalue weighted by Crippen LogP contribution is -2.29. The number of aromatic carboxylic acids is 1. The topological polar surface area (TPSA) is 113 Å². The van der Waals surface area contributed by atoms with Crippen molar-refractivity contribution >= 4 is 17.7 Å². The molecule has 0 bridgehead atoms. The van der Waals surface area contributed by atoms with Crippen LogP contribution in [0.3, 0.4) is 0 Å². The van der Waals surface area contributed by atoms with Gasteiger partial charge in [0, 0.05) is 25.4 Å². The van der Waals surface area contributed by atoms with Gasteiger partial charge in [-0.05, 0) is 55.1 Å². The molecule has 3 aromatic rings. The van der Waals surface area contributed by atoms with E-state index in [1.165, 1.54) is 24.4 Å². The van der Waals surface area contributed by atoms with Gasteiger partial charge in [-0.1, -0.05) is 26.0 Å². The van der Waals surface area contributed by atoms with Crippen LogP contribution in [0.25, 0.3) is 0 Å². The van der Waals surface area contributed by atoms with Crippen molar-refractivity contribution in [3.8, 4) is 17.2 Å². The number of likely N-dealkylation sites (N-methyl/N-ethyl adjacent to an activating group) is 1. The Morgan fingerprint density at radius 1 is 1.00 bits per heavy atom. The number of urea groups is 1. The summed E-state index contributed by atoms with van der Waals surface area (Å²) in [6, 6.07) is 11.7. The van der Waals surface area contributed by atoms with Gasteiger partial charge >= 0.3 is 18.2 Å². The molecule has 3 N–H and O–H groups in total. The first kappa shape index (κ1) is 29.2. The number of carbonyl (C=O) groups is 2. The molecule has 0 fully saturated rings. The molecule has 2 aromatic carbocycles. The van der Waals surface area contributed by atoms with Crippen molar-refractivity contribution in [2.45, 2.75) is 26.6 Å². The van der Waals surface area contributed by atoms with Crippen LogP contribution >= 0.6 is 0 Å². The maximum Gasteiger partial charge on any atom is 0.416 e. The van der Waals surface area contributed by atoms with Crippen molar-refractivity contribution in [1.29, 1.82) is 0 Å². The Kier molecular flexibility index (Phi) is 10.1. The van der Waals surface area contributed by atoms with E-state index in [1.807, 2.05) is 13.8 Å². The highest BCUT2D eigenvalue weighted by atomic mass is 19.4. The first-order valence-corrected chi connectivity index (χ1v) is 12.2. The monoisotopic (exact) mass is 546 g/mol. The summed E-state index contributed by atoms with van der Waals surface area (Å²) < 4.78 is 51.1. The Hall–Kier alpha value is -4.32. The molecule has 0 aliphatic carbocycles. The first-order chi connectivity index (χ1) is 18.6. The van der Waals surface area contributed by atoms with Gasteiger partial charge in [-0.3, -0.25) is 0 Å². The van der Waals surface area contributed by atoms with Crippen LogP contribution in [-0.4, -0.2) is 53.2 Å². The standard InChI is InChI=1S/C27H29F3N4O5/c1-3-34(4-2)13-14-38-24-10-7-19(27(28,29)30)15-22(24)33-26(37)32-17-18-5-8-20(9-6-18)39-21-11-12-31-23(16-21)25(35)36/h5-12,15-16H,3-4,13-14,17H2,1-2H3,(H,35,36)(H2,32,33,37). The molecule has 9 nitrogen and oxygen atoms in total. The second-order valence-corrected chi connectivity index (χ2v) is 8.32. The van der Waals surface area contributed by atoms with Gasteiger partial charge in [0.15, 0.2) is 5.69 Å². The summed E-state index contributed by atoms with van der Waals surface area (Å²) in [6.07, 6.45) is -3.26. The molecule has 2 amide bonds. The number of nitrogens with zero attached hydrogens (tertiary/aromatic N) is 2. The molecule has 0 aliphatic heterocycles. The number of carboxylic acid groups (broad SMARTS) is 1. The third-order valence-corrected chi connectivity index (χ3v) is 5.68. The van der Waals surface area contributed by atoms with Crippen LogP contribution in [0.1, 0.15) is 35.5 Å². The zero-order valence-electron chi connectivity index (χ0n) is 21.4. The first-order valence-electron chi connectivity index (χ1n) is 12.2. The van der Waals surface area contributed by atoms with Crippen LogP contribution in [0, 0.1) is 0 Å². The van der Waals surface area contributed by atoms with Crippen LogP contribution in [-0.2, 0) is 12.7 Å². The van der Waals surface area contributed by atoms with Gasteiger partial charge in [0.2, 0.25) is 0 Å².